The number of nitro groups is 1. The van der Waals surface area contributed by atoms with Crippen molar-refractivity contribution < 1.29 is 14.5 Å². The highest BCUT2D eigenvalue weighted by Crippen LogP contribution is 2.20. The molecule has 20 heavy (non-hydrogen) atoms. The lowest BCUT2D eigenvalue weighted by molar-refractivity contribution is -0.385. The molecule has 0 aromatic carbocycles. The lowest BCUT2D eigenvalue weighted by Gasteiger charge is -2.19. The molecule has 0 bridgehead atoms. The van der Waals surface area contributed by atoms with Crippen LogP contribution >= 0.6 is 11.6 Å². The van der Waals surface area contributed by atoms with Crippen LogP contribution < -0.4 is 0 Å². The number of likely N-dealkylation sites (N-methyl/N-ethyl adjacent to an activating group) is 2. The van der Waals surface area contributed by atoms with Gasteiger partial charge in [0.2, 0.25) is 5.91 Å². The summed E-state index contributed by atoms with van der Waals surface area (Å²) in [6.45, 7) is -0.162. The maximum Gasteiger partial charge on any atom is 0.288 e. The van der Waals surface area contributed by atoms with Gasteiger partial charge in [0, 0.05) is 27.2 Å². The van der Waals surface area contributed by atoms with Gasteiger partial charge in [0.05, 0.1) is 17.0 Å². The van der Waals surface area contributed by atoms with Crippen LogP contribution in [-0.4, -0.2) is 59.2 Å². The quantitative estimate of drug-likeness (QED) is 0.465. The number of halogens is 1. The van der Waals surface area contributed by atoms with Crippen molar-refractivity contribution in [2.45, 2.75) is 0 Å². The van der Waals surface area contributed by atoms with Gasteiger partial charge < -0.3 is 9.80 Å². The molecule has 0 atom stereocenters. The molecule has 0 saturated heterocycles. The molecule has 1 aromatic heterocycles. The summed E-state index contributed by atoms with van der Waals surface area (Å²) in [7, 11) is 4.52. The Morgan fingerprint density at radius 2 is 2.00 bits per heavy atom. The van der Waals surface area contributed by atoms with E-state index in [-0.39, 0.29) is 28.9 Å². The molecule has 0 spiro atoms. The first kappa shape index (κ1) is 15.8. The van der Waals surface area contributed by atoms with E-state index in [1.807, 2.05) is 0 Å². The fraction of sp³-hybridized carbons (Fsp3) is 0.364. The smallest absolute Gasteiger partial charge is 0.288 e. The van der Waals surface area contributed by atoms with Gasteiger partial charge in [-0.3, -0.25) is 19.7 Å². The number of nitrogens with zero attached hydrogens (tertiary/aromatic N) is 4. The van der Waals surface area contributed by atoms with Gasteiger partial charge in [-0.25, -0.2) is 4.98 Å². The number of amides is 2. The number of rotatable bonds is 4. The maximum absolute atomic E-state index is 12.1. The van der Waals surface area contributed by atoms with E-state index in [0.29, 0.717) is 0 Å². The van der Waals surface area contributed by atoms with E-state index < -0.39 is 10.8 Å². The molecule has 0 radical (unpaired) electrons. The Bertz CT molecular complexity index is 561. The lowest BCUT2D eigenvalue weighted by atomic mass is 10.2. The van der Waals surface area contributed by atoms with Gasteiger partial charge in [0.25, 0.3) is 11.6 Å². The molecule has 9 heteroatoms. The minimum absolute atomic E-state index is 0.116. The van der Waals surface area contributed by atoms with Gasteiger partial charge in [-0.1, -0.05) is 11.6 Å². The molecule has 0 fully saturated rings. The SMILES string of the molecule is CN(C)C(=O)CN(C)C(=O)c1cc([N+](=O)[O-])cnc1Cl. The summed E-state index contributed by atoms with van der Waals surface area (Å²) in [4.78, 5) is 39.7. The van der Waals surface area contributed by atoms with Crippen LogP contribution in [0.3, 0.4) is 0 Å². The summed E-state index contributed by atoms with van der Waals surface area (Å²) in [6.07, 6.45) is 0.962. The zero-order chi connectivity index (χ0) is 15.4. The second kappa shape index (κ2) is 6.29. The Labute approximate surface area is 120 Å². The number of hydrogen-bond donors (Lipinski definition) is 0. The Hall–Kier alpha value is -2.22. The van der Waals surface area contributed by atoms with Crippen LogP contribution in [-0.2, 0) is 4.79 Å². The van der Waals surface area contributed by atoms with Gasteiger partial charge >= 0.3 is 0 Å². The van der Waals surface area contributed by atoms with E-state index in [1.54, 1.807) is 14.1 Å². The Morgan fingerprint density at radius 3 is 2.50 bits per heavy atom. The largest absolute Gasteiger partial charge is 0.347 e. The van der Waals surface area contributed by atoms with Crippen LogP contribution in [0.1, 0.15) is 10.4 Å². The van der Waals surface area contributed by atoms with Crippen LogP contribution in [0.4, 0.5) is 5.69 Å². The minimum Gasteiger partial charge on any atom is -0.347 e. The highest BCUT2D eigenvalue weighted by atomic mass is 35.5. The van der Waals surface area contributed by atoms with E-state index in [1.165, 1.54) is 11.9 Å². The van der Waals surface area contributed by atoms with Crippen molar-refractivity contribution in [1.29, 1.82) is 0 Å². The fourth-order valence-corrected chi connectivity index (χ4v) is 1.49. The van der Waals surface area contributed by atoms with Crippen molar-refractivity contribution in [3.05, 3.63) is 33.1 Å². The number of aromatic nitrogens is 1. The molecular weight excluding hydrogens is 288 g/mol. The zero-order valence-electron chi connectivity index (χ0n) is 11.2. The topological polar surface area (TPSA) is 96.7 Å². The average Bonchev–Trinajstić information content (AvgIpc) is 2.37. The molecule has 0 unspecified atom stereocenters. The molecule has 1 heterocycles. The predicted octanol–water partition coefficient (Wildman–Crippen LogP) is 0.803. The standard InChI is InChI=1S/C11H13ClN4O4/c1-14(2)9(17)6-15(3)11(18)8-4-7(16(19)20)5-13-10(8)12/h4-5H,6H2,1-3H3. The lowest BCUT2D eigenvalue weighted by Crippen LogP contribution is -2.37. The van der Waals surface area contributed by atoms with Crippen molar-refractivity contribution in [3.63, 3.8) is 0 Å². The van der Waals surface area contributed by atoms with Gasteiger partial charge in [0.1, 0.15) is 11.3 Å². The second-order valence-corrected chi connectivity index (χ2v) is 4.60. The summed E-state index contributed by atoms with van der Waals surface area (Å²) in [5.41, 5.74) is -0.458. The highest BCUT2D eigenvalue weighted by molar-refractivity contribution is 6.32. The summed E-state index contributed by atoms with van der Waals surface area (Å²) in [6, 6.07) is 1.04. The monoisotopic (exact) mass is 300 g/mol. The predicted molar refractivity (Wildman–Crippen MR) is 71.6 cm³/mol. The molecule has 1 aromatic rings. The molecule has 1 rings (SSSR count). The van der Waals surface area contributed by atoms with E-state index in [2.05, 4.69) is 4.98 Å². The number of pyridine rings is 1. The molecule has 0 aliphatic heterocycles. The average molecular weight is 301 g/mol. The van der Waals surface area contributed by atoms with Gasteiger partial charge in [0.15, 0.2) is 0 Å². The summed E-state index contributed by atoms with van der Waals surface area (Å²) >= 11 is 5.76. The van der Waals surface area contributed by atoms with Crippen LogP contribution in [0.25, 0.3) is 0 Å². The third kappa shape index (κ3) is 3.64. The third-order valence-corrected chi connectivity index (χ3v) is 2.78. The number of hydrogen-bond acceptors (Lipinski definition) is 5. The minimum atomic E-state index is -0.676. The maximum atomic E-state index is 12.1. The van der Waals surface area contributed by atoms with E-state index in [9.17, 15) is 19.7 Å². The van der Waals surface area contributed by atoms with Gasteiger partial charge in [-0.2, -0.15) is 0 Å². The first-order chi connectivity index (χ1) is 9.23. The fourth-order valence-electron chi connectivity index (χ4n) is 1.31. The van der Waals surface area contributed by atoms with E-state index >= 15 is 0 Å². The molecule has 0 N–H and O–H groups in total. The first-order valence-electron chi connectivity index (χ1n) is 5.49. The molecule has 0 aliphatic rings. The van der Waals surface area contributed by atoms with Crippen molar-refractivity contribution >= 4 is 29.1 Å². The van der Waals surface area contributed by atoms with Crippen molar-refractivity contribution in [2.75, 3.05) is 27.7 Å². The Balaban J connectivity index is 2.99. The molecule has 2 amide bonds. The number of carbonyl (C=O) groups is 2. The van der Waals surface area contributed by atoms with Crippen LogP contribution in [0.2, 0.25) is 5.15 Å². The van der Waals surface area contributed by atoms with Crippen molar-refractivity contribution in [3.8, 4) is 0 Å². The summed E-state index contributed by atoms with van der Waals surface area (Å²) < 4.78 is 0. The number of carbonyl (C=O) groups excluding carboxylic acids is 2. The second-order valence-electron chi connectivity index (χ2n) is 4.24. The molecular formula is C11H13ClN4O4. The summed E-state index contributed by atoms with van der Waals surface area (Å²) in [5, 5.41) is 10.5. The molecule has 0 aliphatic carbocycles. The third-order valence-electron chi connectivity index (χ3n) is 2.48. The van der Waals surface area contributed by atoms with Gasteiger partial charge in [-0.05, 0) is 0 Å². The van der Waals surface area contributed by atoms with Crippen LogP contribution in [0.15, 0.2) is 12.3 Å². The Morgan fingerprint density at radius 1 is 1.40 bits per heavy atom. The van der Waals surface area contributed by atoms with E-state index in [0.717, 1.165) is 17.2 Å². The molecule has 108 valence electrons. The van der Waals surface area contributed by atoms with Crippen LogP contribution in [0, 0.1) is 10.1 Å². The van der Waals surface area contributed by atoms with Gasteiger partial charge in [-0.15, -0.1) is 0 Å². The van der Waals surface area contributed by atoms with E-state index in [4.69, 9.17) is 11.6 Å². The summed E-state index contributed by atoms with van der Waals surface area (Å²) in [5.74, 6) is -0.892. The molecule has 0 saturated carbocycles. The van der Waals surface area contributed by atoms with Crippen molar-refractivity contribution in [2.24, 2.45) is 0 Å². The normalized spacial score (nSPS) is 10.0. The molecule has 8 nitrogen and oxygen atoms in total. The van der Waals surface area contributed by atoms with Crippen molar-refractivity contribution in [1.82, 2.24) is 14.8 Å². The zero-order valence-corrected chi connectivity index (χ0v) is 11.9. The van der Waals surface area contributed by atoms with Crippen LogP contribution in [0.5, 0.6) is 0 Å². The Kier molecular flexibility index (Phi) is 4.98. The first-order valence-corrected chi connectivity index (χ1v) is 5.87. The highest BCUT2D eigenvalue weighted by Gasteiger charge is 2.21.